The Morgan fingerprint density at radius 2 is 1.85 bits per heavy atom. The van der Waals surface area contributed by atoms with Crippen molar-refractivity contribution in [1.29, 1.82) is 0 Å². The minimum atomic E-state index is -3.20. The fourth-order valence-electron chi connectivity index (χ4n) is 2.46. The van der Waals surface area contributed by atoms with E-state index in [-0.39, 0.29) is 5.75 Å². The molecule has 0 saturated carbocycles. The molecule has 0 aliphatic heterocycles. The molecular weight excluding hydrogens is 416 g/mol. The summed E-state index contributed by atoms with van der Waals surface area (Å²) in [7, 11) is -3.20. The monoisotopic (exact) mass is 434 g/mol. The summed E-state index contributed by atoms with van der Waals surface area (Å²) in [6.07, 6.45) is 0. The van der Waals surface area contributed by atoms with E-state index in [4.69, 9.17) is 0 Å². The number of sulfonamides is 1. The van der Waals surface area contributed by atoms with Crippen molar-refractivity contribution in [2.75, 3.05) is 24.2 Å². The van der Waals surface area contributed by atoms with Gasteiger partial charge in [0.15, 0.2) is 5.82 Å². The first-order chi connectivity index (χ1) is 12.5. The van der Waals surface area contributed by atoms with Crippen molar-refractivity contribution < 1.29 is 8.42 Å². The third-order valence-electron chi connectivity index (χ3n) is 3.81. The molecule has 0 fully saturated rings. The van der Waals surface area contributed by atoms with Crippen molar-refractivity contribution in [3.8, 4) is 11.4 Å². The van der Waals surface area contributed by atoms with Gasteiger partial charge in [-0.3, -0.25) is 0 Å². The zero-order valence-electron chi connectivity index (χ0n) is 14.2. The van der Waals surface area contributed by atoms with E-state index in [1.165, 1.54) is 0 Å². The minimum absolute atomic E-state index is 0.0659. The summed E-state index contributed by atoms with van der Waals surface area (Å²) in [5.74, 6) is 1.36. The van der Waals surface area contributed by atoms with Gasteiger partial charge in [-0.2, -0.15) is 0 Å². The second-order valence-corrected chi connectivity index (χ2v) is 8.66. The van der Waals surface area contributed by atoms with Crippen molar-refractivity contribution in [2.45, 2.75) is 6.92 Å². The molecule has 0 unspecified atom stereocenters. The van der Waals surface area contributed by atoms with E-state index in [1.54, 1.807) is 6.92 Å². The van der Waals surface area contributed by atoms with Crippen LogP contribution in [0.2, 0.25) is 0 Å². The molecule has 1 aromatic heterocycles. The molecule has 0 bridgehead atoms. The Morgan fingerprint density at radius 3 is 2.62 bits per heavy atom. The van der Waals surface area contributed by atoms with E-state index in [2.05, 4.69) is 35.9 Å². The SMILES string of the molecule is CCS(=O)(=O)NCCNc1nc(-c2cccc(Br)c2)nc2ccccc12. The molecule has 3 rings (SSSR count). The van der Waals surface area contributed by atoms with Crippen LogP contribution in [-0.2, 0) is 10.0 Å². The standard InChI is InChI=1S/C18H19BrN4O2S/c1-2-26(24,25)21-11-10-20-18-15-8-3-4-9-16(15)22-17(23-18)13-6-5-7-14(19)12-13/h3-9,12,21H,2,10-11H2,1H3,(H,20,22,23). The lowest BCUT2D eigenvalue weighted by atomic mass is 10.2. The highest BCUT2D eigenvalue weighted by Gasteiger charge is 2.10. The third kappa shape index (κ3) is 4.57. The van der Waals surface area contributed by atoms with Crippen molar-refractivity contribution in [3.05, 3.63) is 53.0 Å². The van der Waals surface area contributed by atoms with Crippen LogP contribution in [0.25, 0.3) is 22.3 Å². The number of hydrogen-bond donors (Lipinski definition) is 2. The van der Waals surface area contributed by atoms with Gasteiger partial charge in [-0.05, 0) is 31.2 Å². The van der Waals surface area contributed by atoms with Crippen molar-refractivity contribution in [1.82, 2.24) is 14.7 Å². The van der Waals surface area contributed by atoms with E-state index in [0.717, 1.165) is 20.9 Å². The van der Waals surface area contributed by atoms with Crippen molar-refractivity contribution >= 4 is 42.7 Å². The van der Waals surface area contributed by atoms with Crippen LogP contribution in [0.1, 0.15) is 6.92 Å². The Balaban J connectivity index is 1.88. The predicted octanol–water partition coefficient (Wildman–Crippen LogP) is 3.41. The first kappa shape index (κ1) is 18.8. The van der Waals surface area contributed by atoms with Crippen LogP contribution in [0.5, 0.6) is 0 Å². The molecule has 0 amide bonds. The maximum atomic E-state index is 11.5. The molecule has 0 saturated heterocycles. The topological polar surface area (TPSA) is 84.0 Å². The van der Waals surface area contributed by atoms with Crippen LogP contribution < -0.4 is 10.0 Å². The van der Waals surface area contributed by atoms with E-state index >= 15 is 0 Å². The highest BCUT2D eigenvalue weighted by Crippen LogP contribution is 2.26. The summed E-state index contributed by atoms with van der Waals surface area (Å²) in [6.45, 7) is 2.33. The van der Waals surface area contributed by atoms with Gasteiger partial charge in [0, 0.05) is 28.5 Å². The largest absolute Gasteiger partial charge is 0.368 e. The second kappa shape index (κ2) is 8.11. The average molecular weight is 435 g/mol. The number of benzene rings is 2. The number of rotatable bonds is 7. The molecule has 0 aliphatic rings. The molecule has 26 heavy (non-hydrogen) atoms. The fraction of sp³-hybridized carbons (Fsp3) is 0.222. The minimum Gasteiger partial charge on any atom is -0.368 e. The fourth-order valence-corrected chi connectivity index (χ4v) is 3.47. The second-order valence-electron chi connectivity index (χ2n) is 5.65. The number of aromatic nitrogens is 2. The quantitative estimate of drug-likeness (QED) is 0.556. The molecule has 8 heteroatoms. The molecule has 2 N–H and O–H groups in total. The number of fused-ring (bicyclic) bond motifs is 1. The number of nitrogens with one attached hydrogen (secondary N) is 2. The Kier molecular flexibility index (Phi) is 5.85. The van der Waals surface area contributed by atoms with E-state index in [9.17, 15) is 8.42 Å². The summed E-state index contributed by atoms with van der Waals surface area (Å²) >= 11 is 3.47. The summed E-state index contributed by atoms with van der Waals surface area (Å²) in [6, 6.07) is 15.5. The molecule has 136 valence electrons. The number of anilines is 1. The molecule has 0 spiro atoms. The Labute approximate surface area is 161 Å². The summed E-state index contributed by atoms with van der Waals surface area (Å²) in [4.78, 5) is 9.29. The molecule has 1 heterocycles. The van der Waals surface area contributed by atoms with Gasteiger partial charge < -0.3 is 5.32 Å². The molecule has 0 aliphatic carbocycles. The molecule has 0 radical (unpaired) electrons. The lowest BCUT2D eigenvalue weighted by Crippen LogP contribution is -2.30. The average Bonchev–Trinajstić information content (AvgIpc) is 2.65. The maximum absolute atomic E-state index is 11.5. The van der Waals surface area contributed by atoms with E-state index < -0.39 is 10.0 Å². The van der Waals surface area contributed by atoms with Gasteiger partial charge in [-0.25, -0.2) is 23.1 Å². The van der Waals surface area contributed by atoms with E-state index in [1.807, 2.05) is 48.5 Å². The van der Waals surface area contributed by atoms with Gasteiger partial charge >= 0.3 is 0 Å². The molecular formula is C18H19BrN4O2S. The van der Waals surface area contributed by atoms with Gasteiger partial charge in [0.2, 0.25) is 10.0 Å². The van der Waals surface area contributed by atoms with Crippen LogP contribution in [0.3, 0.4) is 0 Å². The molecule has 3 aromatic rings. The zero-order valence-corrected chi connectivity index (χ0v) is 16.6. The number of halogens is 1. The summed E-state index contributed by atoms with van der Waals surface area (Å²) in [5.41, 5.74) is 1.73. The lowest BCUT2D eigenvalue weighted by Gasteiger charge is -2.11. The van der Waals surface area contributed by atoms with Crippen LogP contribution in [0.15, 0.2) is 53.0 Å². The van der Waals surface area contributed by atoms with Crippen LogP contribution in [0.4, 0.5) is 5.82 Å². The summed E-state index contributed by atoms with van der Waals surface area (Å²) in [5, 5.41) is 4.11. The zero-order chi connectivity index (χ0) is 18.6. The van der Waals surface area contributed by atoms with E-state index in [0.29, 0.717) is 24.7 Å². The lowest BCUT2D eigenvalue weighted by molar-refractivity contribution is 0.584. The van der Waals surface area contributed by atoms with Gasteiger partial charge in [0.05, 0.1) is 11.3 Å². The molecule has 0 atom stereocenters. The predicted molar refractivity (Wildman–Crippen MR) is 109 cm³/mol. The Hall–Kier alpha value is -2.03. The van der Waals surface area contributed by atoms with Gasteiger partial charge in [-0.15, -0.1) is 0 Å². The smallest absolute Gasteiger partial charge is 0.211 e. The highest BCUT2D eigenvalue weighted by molar-refractivity contribution is 9.10. The normalized spacial score (nSPS) is 11.6. The molecule has 6 nitrogen and oxygen atoms in total. The first-order valence-corrected chi connectivity index (χ1v) is 10.7. The van der Waals surface area contributed by atoms with Gasteiger partial charge in [0.1, 0.15) is 5.82 Å². The Morgan fingerprint density at radius 1 is 1.04 bits per heavy atom. The first-order valence-electron chi connectivity index (χ1n) is 8.22. The van der Waals surface area contributed by atoms with Crippen LogP contribution in [0, 0.1) is 0 Å². The number of hydrogen-bond acceptors (Lipinski definition) is 5. The van der Waals surface area contributed by atoms with Crippen LogP contribution >= 0.6 is 15.9 Å². The van der Waals surface area contributed by atoms with Crippen molar-refractivity contribution in [2.24, 2.45) is 0 Å². The summed E-state index contributed by atoms with van der Waals surface area (Å²) < 4.78 is 26.5. The Bertz CT molecular complexity index is 1020. The van der Waals surface area contributed by atoms with Gasteiger partial charge in [0.25, 0.3) is 0 Å². The van der Waals surface area contributed by atoms with Crippen LogP contribution in [-0.4, -0.2) is 37.2 Å². The maximum Gasteiger partial charge on any atom is 0.211 e. The highest BCUT2D eigenvalue weighted by atomic mass is 79.9. The third-order valence-corrected chi connectivity index (χ3v) is 5.70. The van der Waals surface area contributed by atoms with Gasteiger partial charge in [-0.1, -0.05) is 40.2 Å². The number of nitrogens with zero attached hydrogens (tertiary/aromatic N) is 2. The number of para-hydroxylation sites is 1. The van der Waals surface area contributed by atoms with Crippen molar-refractivity contribution in [3.63, 3.8) is 0 Å². The molecule has 2 aromatic carbocycles.